The minimum atomic E-state index is -0.329. The molecule has 0 aliphatic rings. The zero-order valence-electron chi connectivity index (χ0n) is 7.84. The van der Waals surface area contributed by atoms with E-state index in [1.807, 2.05) is 0 Å². The molecule has 1 rings (SSSR count). The fourth-order valence-electron chi connectivity index (χ4n) is 1.04. The molecule has 14 heavy (non-hydrogen) atoms. The van der Waals surface area contributed by atoms with Crippen molar-refractivity contribution in [2.24, 2.45) is 0 Å². The highest BCUT2D eigenvalue weighted by atomic mass is 79.9. The Morgan fingerprint density at radius 3 is 2.50 bits per heavy atom. The maximum Gasteiger partial charge on any atom is 0.253 e. The van der Waals surface area contributed by atoms with Gasteiger partial charge in [0.05, 0.1) is 0 Å². The minimum Gasteiger partial charge on any atom is -0.341 e. The Morgan fingerprint density at radius 2 is 2.00 bits per heavy atom. The summed E-state index contributed by atoms with van der Waals surface area (Å²) in [6.07, 6.45) is 0. The predicted octanol–water partition coefficient (Wildman–Crippen LogP) is 2.29. The van der Waals surface area contributed by atoms with Crippen LogP contribution < -0.4 is 0 Å². The van der Waals surface area contributed by atoms with Crippen LogP contribution in [0.15, 0.2) is 24.3 Å². The molecule has 0 saturated carbocycles. The van der Waals surface area contributed by atoms with E-state index in [0.717, 1.165) is 5.33 Å². The highest BCUT2D eigenvalue weighted by Gasteiger charge is 2.10. The van der Waals surface area contributed by atoms with E-state index < -0.39 is 0 Å². The van der Waals surface area contributed by atoms with Crippen molar-refractivity contribution in [1.29, 1.82) is 0 Å². The van der Waals surface area contributed by atoms with Crippen molar-refractivity contribution >= 4 is 21.8 Å². The van der Waals surface area contributed by atoms with Crippen molar-refractivity contribution in [3.05, 3.63) is 35.6 Å². The molecular weight excluding hydrogens is 249 g/mol. The molecule has 0 atom stereocenters. The van der Waals surface area contributed by atoms with Crippen molar-refractivity contribution < 1.29 is 9.18 Å². The fourth-order valence-corrected chi connectivity index (χ4v) is 1.57. The van der Waals surface area contributed by atoms with Crippen LogP contribution in [0.2, 0.25) is 0 Å². The third-order valence-electron chi connectivity index (χ3n) is 1.86. The van der Waals surface area contributed by atoms with E-state index >= 15 is 0 Å². The zero-order valence-corrected chi connectivity index (χ0v) is 9.42. The molecule has 1 aromatic carbocycles. The van der Waals surface area contributed by atoms with E-state index in [-0.39, 0.29) is 11.7 Å². The highest BCUT2D eigenvalue weighted by molar-refractivity contribution is 9.09. The standard InChI is InChI=1S/C10H11BrFNO/c1-13(7-6-11)10(14)8-2-4-9(12)5-3-8/h2-5H,6-7H2,1H3. The third kappa shape index (κ3) is 2.80. The second kappa shape index (κ2) is 5.10. The first-order valence-corrected chi connectivity index (χ1v) is 5.34. The van der Waals surface area contributed by atoms with Crippen molar-refractivity contribution in [2.75, 3.05) is 18.9 Å². The number of rotatable bonds is 3. The molecule has 0 aliphatic carbocycles. The molecule has 0 fully saturated rings. The van der Waals surface area contributed by atoms with E-state index in [4.69, 9.17) is 0 Å². The number of amides is 1. The van der Waals surface area contributed by atoms with E-state index in [2.05, 4.69) is 15.9 Å². The number of nitrogens with zero attached hydrogens (tertiary/aromatic N) is 1. The molecule has 0 aliphatic heterocycles. The lowest BCUT2D eigenvalue weighted by molar-refractivity contribution is 0.0804. The quantitative estimate of drug-likeness (QED) is 0.763. The van der Waals surface area contributed by atoms with E-state index in [1.165, 1.54) is 24.3 Å². The molecule has 0 bridgehead atoms. The van der Waals surface area contributed by atoms with Gasteiger partial charge in [0.15, 0.2) is 0 Å². The summed E-state index contributed by atoms with van der Waals surface area (Å²) in [5.41, 5.74) is 0.509. The lowest BCUT2D eigenvalue weighted by Gasteiger charge is -2.15. The van der Waals surface area contributed by atoms with Gasteiger partial charge in [0.2, 0.25) is 0 Å². The summed E-state index contributed by atoms with van der Waals surface area (Å²) in [6.45, 7) is 0.635. The summed E-state index contributed by atoms with van der Waals surface area (Å²) < 4.78 is 12.6. The van der Waals surface area contributed by atoms with Crippen LogP contribution in [0.1, 0.15) is 10.4 Å². The maximum absolute atomic E-state index is 12.6. The number of hydrogen-bond acceptors (Lipinski definition) is 1. The van der Waals surface area contributed by atoms with Crippen molar-refractivity contribution in [1.82, 2.24) is 4.90 Å². The van der Waals surface area contributed by atoms with Crippen molar-refractivity contribution in [3.63, 3.8) is 0 Å². The average molecular weight is 260 g/mol. The molecule has 0 saturated heterocycles. The first-order valence-electron chi connectivity index (χ1n) is 4.22. The van der Waals surface area contributed by atoms with Crippen LogP contribution in [0.25, 0.3) is 0 Å². The molecule has 2 nitrogen and oxygen atoms in total. The molecule has 1 amide bonds. The number of alkyl halides is 1. The van der Waals surface area contributed by atoms with Crippen LogP contribution in [-0.2, 0) is 0 Å². The van der Waals surface area contributed by atoms with Gasteiger partial charge in [-0.15, -0.1) is 0 Å². The van der Waals surface area contributed by atoms with Gasteiger partial charge in [-0.3, -0.25) is 4.79 Å². The van der Waals surface area contributed by atoms with Crippen LogP contribution in [0, 0.1) is 5.82 Å². The van der Waals surface area contributed by atoms with Gasteiger partial charge < -0.3 is 4.90 Å². The summed E-state index contributed by atoms with van der Waals surface area (Å²) in [6, 6.07) is 5.55. The molecule has 0 radical (unpaired) electrons. The van der Waals surface area contributed by atoms with Gasteiger partial charge in [-0.05, 0) is 24.3 Å². The minimum absolute atomic E-state index is 0.0931. The SMILES string of the molecule is CN(CCBr)C(=O)c1ccc(F)cc1. The van der Waals surface area contributed by atoms with E-state index in [0.29, 0.717) is 12.1 Å². The molecule has 1 aromatic rings. The van der Waals surface area contributed by atoms with Crippen molar-refractivity contribution in [2.45, 2.75) is 0 Å². The first kappa shape index (κ1) is 11.2. The normalized spacial score (nSPS) is 9.93. The summed E-state index contributed by atoms with van der Waals surface area (Å²) >= 11 is 3.25. The van der Waals surface area contributed by atoms with Crippen LogP contribution in [0.5, 0.6) is 0 Å². The zero-order chi connectivity index (χ0) is 10.6. The molecule has 0 heterocycles. The molecular formula is C10H11BrFNO. The van der Waals surface area contributed by atoms with Crippen LogP contribution in [-0.4, -0.2) is 29.7 Å². The first-order chi connectivity index (χ1) is 6.65. The Morgan fingerprint density at radius 1 is 1.43 bits per heavy atom. The molecule has 76 valence electrons. The highest BCUT2D eigenvalue weighted by Crippen LogP contribution is 2.05. The number of hydrogen-bond donors (Lipinski definition) is 0. The van der Waals surface area contributed by atoms with Gasteiger partial charge in [0.1, 0.15) is 5.82 Å². The Bertz CT molecular complexity index is 312. The van der Waals surface area contributed by atoms with Gasteiger partial charge in [-0.1, -0.05) is 15.9 Å². The fraction of sp³-hybridized carbons (Fsp3) is 0.300. The topological polar surface area (TPSA) is 20.3 Å². The van der Waals surface area contributed by atoms with E-state index in [1.54, 1.807) is 11.9 Å². The van der Waals surface area contributed by atoms with Crippen LogP contribution in [0.3, 0.4) is 0 Å². The summed E-state index contributed by atoms with van der Waals surface area (Å²) in [5.74, 6) is -0.422. The molecule has 0 N–H and O–H groups in total. The third-order valence-corrected chi connectivity index (χ3v) is 2.21. The number of carbonyl (C=O) groups excluding carboxylic acids is 1. The predicted molar refractivity (Wildman–Crippen MR) is 57.2 cm³/mol. The van der Waals surface area contributed by atoms with Gasteiger partial charge in [-0.2, -0.15) is 0 Å². The summed E-state index contributed by atoms with van der Waals surface area (Å²) in [4.78, 5) is 13.2. The molecule has 0 aromatic heterocycles. The molecule has 0 spiro atoms. The van der Waals surface area contributed by atoms with E-state index in [9.17, 15) is 9.18 Å². The maximum atomic E-state index is 12.6. The van der Waals surface area contributed by atoms with Crippen LogP contribution >= 0.6 is 15.9 Å². The van der Waals surface area contributed by atoms with Crippen LogP contribution in [0.4, 0.5) is 4.39 Å². The summed E-state index contributed by atoms with van der Waals surface area (Å²) in [5, 5.41) is 0.733. The van der Waals surface area contributed by atoms with Crippen molar-refractivity contribution in [3.8, 4) is 0 Å². The Labute approximate surface area is 90.8 Å². The largest absolute Gasteiger partial charge is 0.341 e. The lowest BCUT2D eigenvalue weighted by atomic mass is 10.2. The Hall–Kier alpha value is -0.900. The molecule has 0 unspecified atom stereocenters. The number of carbonyl (C=O) groups is 1. The second-order valence-electron chi connectivity index (χ2n) is 2.92. The van der Waals surface area contributed by atoms with Gasteiger partial charge in [-0.25, -0.2) is 4.39 Å². The van der Waals surface area contributed by atoms with Gasteiger partial charge in [0, 0.05) is 24.5 Å². The lowest BCUT2D eigenvalue weighted by Crippen LogP contribution is -2.28. The van der Waals surface area contributed by atoms with Gasteiger partial charge in [0.25, 0.3) is 5.91 Å². The van der Waals surface area contributed by atoms with Gasteiger partial charge >= 0.3 is 0 Å². The number of benzene rings is 1. The molecule has 4 heteroatoms. The average Bonchev–Trinajstić information content (AvgIpc) is 2.18. The Kier molecular flexibility index (Phi) is 4.07. The Balaban J connectivity index is 2.74. The smallest absolute Gasteiger partial charge is 0.253 e. The second-order valence-corrected chi connectivity index (χ2v) is 3.72. The monoisotopic (exact) mass is 259 g/mol. The summed E-state index contributed by atoms with van der Waals surface area (Å²) in [7, 11) is 1.72. The number of halogens is 2.